The average Bonchev–Trinajstić information content (AvgIpc) is 2.48. The van der Waals surface area contributed by atoms with Crippen LogP contribution in [-0.2, 0) is 0 Å². The van der Waals surface area contributed by atoms with Crippen LogP contribution in [0.5, 0.6) is 17.4 Å². The highest BCUT2D eigenvalue weighted by Crippen LogP contribution is 2.26. The summed E-state index contributed by atoms with van der Waals surface area (Å²) in [7, 11) is 0. The first-order valence-electron chi connectivity index (χ1n) is 6.81. The zero-order chi connectivity index (χ0) is 14.7. The molecular formula is C17H16N2O2. The summed E-state index contributed by atoms with van der Waals surface area (Å²) in [5, 5.41) is 0.991. The van der Waals surface area contributed by atoms with Gasteiger partial charge in [0.15, 0.2) is 0 Å². The SMILES string of the molecule is CCOc1cccc(Oc2ccc3cc(N)ccc3n2)c1. The molecule has 0 amide bonds. The van der Waals surface area contributed by atoms with E-state index in [4.69, 9.17) is 15.2 Å². The number of nitrogen functional groups attached to an aromatic ring is 1. The van der Waals surface area contributed by atoms with E-state index in [-0.39, 0.29) is 0 Å². The molecule has 0 atom stereocenters. The van der Waals surface area contributed by atoms with Gasteiger partial charge in [-0.2, -0.15) is 0 Å². The summed E-state index contributed by atoms with van der Waals surface area (Å²) in [5.74, 6) is 2.02. The average molecular weight is 280 g/mol. The summed E-state index contributed by atoms with van der Waals surface area (Å²) >= 11 is 0. The van der Waals surface area contributed by atoms with Gasteiger partial charge in [0.25, 0.3) is 0 Å². The molecule has 0 bridgehead atoms. The third kappa shape index (κ3) is 3.05. The fourth-order valence-electron chi connectivity index (χ4n) is 2.10. The number of nitrogens with zero attached hydrogens (tertiary/aromatic N) is 1. The van der Waals surface area contributed by atoms with Crippen molar-refractivity contribution in [1.82, 2.24) is 4.98 Å². The molecule has 1 aromatic heterocycles. The highest BCUT2D eigenvalue weighted by Gasteiger charge is 2.03. The lowest BCUT2D eigenvalue weighted by atomic mass is 10.2. The van der Waals surface area contributed by atoms with Crippen LogP contribution in [0.2, 0.25) is 0 Å². The monoisotopic (exact) mass is 280 g/mol. The minimum Gasteiger partial charge on any atom is -0.494 e. The van der Waals surface area contributed by atoms with Crippen LogP contribution < -0.4 is 15.2 Å². The summed E-state index contributed by atoms with van der Waals surface area (Å²) in [6, 6.07) is 16.9. The maximum atomic E-state index is 5.78. The summed E-state index contributed by atoms with van der Waals surface area (Å²) in [6.07, 6.45) is 0. The Morgan fingerprint density at radius 3 is 2.71 bits per heavy atom. The quantitative estimate of drug-likeness (QED) is 0.734. The Kier molecular flexibility index (Phi) is 3.60. The van der Waals surface area contributed by atoms with Crippen molar-refractivity contribution in [3.05, 3.63) is 54.6 Å². The summed E-state index contributed by atoms with van der Waals surface area (Å²) in [4.78, 5) is 4.47. The van der Waals surface area contributed by atoms with E-state index in [2.05, 4.69) is 4.98 Å². The zero-order valence-corrected chi connectivity index (χ0v) is 11.7. The van der Waals surface area contributed by atoms with Crippen molar-refractivity contribution in [3.63, 3.8) is 0 Å². The second kappa shape index (κ2) is 5.71. The zero-order valence-electron chi connectivity index (χ0n) is 11.7. The Hall–Kier alpha value is -2.75. The molecule has 0 aliphatic carbocycles. The number of anilines is 1. The van der Waals surface area contributed by atoms with Gasteiger partial charge in [0.1, 0.15) is 11.5 Å². The number of ether oxygens (including phenoxy) is 2. The molecule has 0 fully saturated rings. The number of pyridine rings is 1. The van der Waals surface area contributed by atoms with Crippen LogP contribution in [0.4, 0.5) is 5.69 Å². The van der Waals surface area contributed by atoms with Crippen LogP contribution in [0.25, 0.3) is 10.9 Å². The fraction of sp³-hybridized carbons (Fsp3) is 0.118. The normalized spacial score (nSPS) is 10.5. The Labute approximate surface area is 123 Å². The number of nitrogens with two attached hydrogens (primary N) is 1. The number of rotatable bonds is 4. The van der Waals surface area contributed by atoms with E-state index in [9.17, 15) is 0 Å². The molecule has 3 rings (SSSR count). The van der Waals surface area contributed by atoms with Gasteiger partial charge in [-0.05, 0) is 43.3 Å². The second-order valence-corrected chi connectivity index (χ2v) is 4.61. The maximum Gasteiger partial charge on any atom is 0.219 e. The lowest BCUT2D eigenvalue weighted by Gasteiger charge is -2.08. The van der Waals surface area contributed by atoms with Crippen LogP contribution in [-0.4, -0.2) is 11.6 Å². The van der Waals surface area contributed by atoms with Gasteiger partial charge in [-0.1, -0.05) is 6.07 Å². The highest BCUT2D eigenvalue weighted by atomic mass is 16.5. The van der Waals surface area contributed by atoms with Crippen LogP contribution in [0.3, 0.4) is 0 Å². The predicted molar refractivity (Wildman–Crippen MR) is 83.8 cm³/mol. The molecule has 0 saturated heterocycles. The second-order valence-electron chi connectivity index (χ2n) is 4.61. The Balaban J connectivity index is 1.87. The third-order valence-corrected chi connectivity index (χ3v) is 3.03. The van der Waals surface area contributed by atoms with E-state index in [1.54, 1.807) is 0 Å². The molecule has 21 heavy (non-hydrogen) atoms. The van der Waals surface area contributed by atoms with Gasteiger partial charge >= 0.3 is 0 Å². The fourth-order valence-corrected chi connectivity index (χ4v) is 2.10. The first kappa shape index (κ1) is 13.2. The molecule has 1 heterocycles. The molecule has 3 aromatic rings. The van der Waals surface area contributed by atoms with Crippen molar-refractivity contribution in [2.45, 2.75) is 6.92 Å². The Bertz CT molecular complexity index is 772. The van der Waals surface area contributed by atoms with Crippen LogP contribution in [0.1, 0.15) is 6.92 Å². The number of aromatic nitrogens is 1. The van der Waals surface area contributed by atoms with Gasteiger partial charge in [-0.25, -0.2) is 4.98 Å². The van der Waals surface area contributed by atoms with Crippen molar-refractivity contribution < 1.29 is 9.47 Å². The lowest BCUT2D eigenvalue weighted by molar-refractivity contribution is 0.338. The van der Waals surface area contributed by atoms with E-state index in [1.807, 2.05) is 61.5 Å². The van der Waals surface area contributed by atoms with Crippen molar-refractivity contribution in [2.75, 3.05) is 12.3 Å². The molecule has 2 N–H and O–H groups in total. The molecule has 0 radical (unpaired) electrons. The van der Waals surface area contributed by atoms with Crippen LogP contribution >= 0.6 is 0 Å². The summed E-state index contributed by atoms with van der Waals surface area (Å²) < 4.78 is 11.2. The van der Waals surface area contributed by atoms with Crippen molar-refractivity contribution in [1.29, 1.82) is 0 Å². The molecule has 106 valence electrons. The number of hydrogen-bond acceptors (Lipinski definition) is 4. The Morgan fingerprint density at radius 1 is 1.00 bits per heavy atom. The van der Waals surface area contributed by atoms with Gasteiger partial charge in [0.2, 0.25) is 5.88 Å². The molecule has 2 aromatic carbocycles. The van der Waals surface area contributed by atoms with Crippen LogP contribution in [0.15, 0.2) is 54.6 Å². The molecule has 4 heteroatoms. The minimum atomic E-state index is 0.543. The highest BCUT2D eigenvalue weighted by molar-refractivity contribution is 5.82. The van der Waals surface area contributed by atoms with E-state index in [1.165, 1.54) is 0 Å². The predicted octanol–water partition coefficient (Wildman–Crippen LogP) is 4.01. The Morgan fingerprint density at radius 2 is 1.86 bits per heavy atom. The van der Waals surface area contributed by atoms with Crippen LogP contribution in [0, 0.1) is 0 Å². The van der Waals surface area contributed by atoms with E-state index >= 15 is 0 Å². The number of hydrogen-bond donors (Lipinski definition) is 1. The molecule has 4 nitrogen and oxygen atoms in total. The minimum absolute atomic E-state index is 0.543. The first-order valence-corrected chi connectivity index (χ1v) is 6.81. The van der Waals surface area contributed by atoms with E-state index < -0.39 is 0 Å². The summed E-state index contributed by atoms with van der Waals surface area (Å²) in [6.45, 7) is 2.57. The van der Waals surface area contributed by atoms with Gasteiger partial charge in [-0.3, -0.25) is 0 Å². The standard InChI is InChI=1S/C17H16N2O2/c1-2-20-14-4-3-5-15(11-14)21-17-9-6-12-10-13(18)7-8-16(12)19-17/h3-11H,2,18H2,1H3. The first-order chi connectivity index (χ1) is 10.2. The van der Waals surface area contributed by atoms with E-state index in [0.717, 1.165) is 22.3 Å². The van der Waals surface area contributed by atoms with E-state index in [0.29, 0.717) is 18.2 Å². The topological polar surface area (TPSA) is 57.4 Å². The van der Waals surface area contributed by atoms with Gasteiger partial charge in [-0.15, -0.1) is 0 Å². The summed E-state index contributed by atoms with van der Waals surface area (Å²) in [5.41, 5.74) is 7.33. The molecular weight excluding hydrogens is 264 g/mol. The van der Waals surface area contributed by atoms with Crippen molar-refractivity contribution in [3.8, 4) is 17.4 Å². The smallest absolute Gasteiger partial charge is 0.219 e. The third-order valence-electron chi connectivity index (χ3n) is 3.03. The largest absolute Gasteiger partial charge is 0.494 e. The molecule has 0 unspecified atom stereocenters. The number of benzene rings is 2. The lowest BCUT2D eigenvalue weighted by Crippen LogP contribution is -1.93. The van der Waals surface area contributed by atoms with Crippen molar-refractivity contribution in [2.24, 2.45) is 0 Å². The van der Waals surface area contributed by atoms with Gasteiger partial charge in [0.05, 0.1) is 12.1 Å². The number of fused-ring (bicyclic) bond motifs is 1. The van der Waals surface area contributed by atoms with Crippen molar-refractivity contribution >= 4 is 16.6 Å². The van der Waals surface area contributed by atoms with Gasteiger partial charge in [0, 0.05) is 23.2 Å². The molecule has 0 aliphatic rings. The molecule has 0 aliphatic heterocycles. The molecule has 0 spiro atoms. The maximum absolute atomic E-state index is 5.78. The van der Waals surface area contributed by atoms with Gasteiger partial charge < -0.3 is 15.2 Å². The molecule has 0 saturated carbocycles.